The summed E-state index contributed by atoms with van der Waals surface area (Å²) in [6.45, 7) is -0.0176. The van der Waals surface area contributed by atoms with Crippen molar-refractivity contribution in [3.05, 3.63) is 24.8 Å². The number of nitrogens with one attached hydrogen (secondary N) is 2. The zero-order valence-electron chi connectivity index (χ0n) is 11.8. The molecule has 2 aromatic rings. The average molecular weight is 301 g/mol. The van der Waals surface area contributed by atoms with Crippen molar-refractivity contribution in [1.82, 2.24) is 25.0 Å². The molecule has 114 valence electrons. The van der Waals surface area contributed by atoms with Crippen LogP contribution < -0.4 is 10.6 Å². The second-order valence-electron chi connectivity index (χ2n) is 5.06. The molecule has 0 spiro atoms. The number of aromatic nitrogens is 5. The van der Waals surface area contributed by atoms with Crippen LogP contribution in [0.2, 0.25) is 0 Å². The van der Waals surface area contributed by atoms with Crippen LogP contribution >= 0.6 is 0 Å². The maximum atomic E-state index is 11.8. The first kappa shape index (κ1) is 14.1. The van der Waals surface area contributed by atoms with Gasteiger partial charge in [0.25, 0.3) is 0 Å². The minimum absolute atomic E-state index is 0.0176. The SMILES string of the molecule is O=C(Cn1cc(NC(=O)C2CCC2)nn1)Nc1ccncn1. The van der Waals surface area contributed by atoms with E-state index in [1.54, 1.807) is 6.07 Å². The highest BCUT2D eigenvalue weighted by atomic mass is 16.2. The highest BCUT2D eigenvalue weighted by Crippen LogP contribution is 2.27. The summed E-state index contributed by atoms with van der Waals surface area (Å²) in [5.41, 5.74) is 0. The molecule has 1 aliphatic rings. The maximum Gasteiger partial charge on any atom is 0.247 e. The van der Waals surface area contributed by atoms with Crippen molar-refractivity contribution in [1.29, 1.82) is 0 Å². The van der Waals surface area contributed by atoms with E-state index in [2.05, 4.69) is 30.9 Å². The van der Waals surface area contributed by atoms with Crippen LogP contribution in [0.3, 0.4) is 0 Å². The molecule has 0 saturated heterocycles. The molecule has 9 heteroatoms. The summed E-state index contributed by atoms with van der Waals surface area (Å²) in [6.07, 6.45) is 7.33. The van der Waals surface area contributed by atoms with Crippen molar-refractivity contribution < 1.29 is 9.59 Å². The van der Waals surface area contributed by atoms with Gasteiger partial charge >= 0.3 is 0 Å². The molecule has 2 aromatic heterocycles. The zero-order chi connectivity index (χ0) is 15.4. The molecular formula is C13H15N7O2. The lowest BCUT2D eigenvalue weighted by Crippen LogP contribution is -2.28. The third-order valence-electron chi connectivity index (χ3n) is 3.42. The van der Waals surface area contributed by atoms with Gasteiger partial charge in [-0.15, -0.1) is 5.10 Å². The van der Waals surface area contributed by atoms with Crippen molar-refractivity contribution in [2.75, 3.05) is 10.6 Å². The van der Waals surface area contributed by atoms with Gasteiger partial charge < -0.3 is 10.6 Å². The largest absolute Gasteiger partial charge is 0.309 e. The number of amides is 2. The fourth-order valence-corrected chi connectivity index (χ4v) is 2.03. The molecule has 1 saturated carbocycles. The minimum atomic E-state index is -0.291. The summed E-state index contributed by atoms with van der Waals surface area (Å²) in [5, 5.41) is 13.0. The van der Waals surface area contributed by atoms with Gasteiger partial charge in [0.2, 0.25) is 11.8 Å². The van der Waals surface area contributed by atoms with Gasteiger partial charge in [-0.25, -0.2) is 14.6 Å². The van der Waals surface area contributed by atoms with E-state index in [1.807, 2.05) is 0 Å². The number of anilines is 2. The number of rotatable bonds is 5. The van der Waals surface area contributed by atoms with Crippen molar-refractivity contribution >= 4 is 23.5 Å². The van der Waals surface area contributed by atoms with Gasteiger partial charge in [-0.3, -0.25) is 9.59 Å². The van der Waals surface area contributed by atoms with E-state index >= 15 is 0 Å². The highest BCUT2D eigenvalue weighted by Gasteiger charge is 2.25. The monoisotopic (exact) mass is 301 g/mol. The summed E-state index contributed by atoms with van der Waals surface area (Å²) in [5.74, 6) is 0.515. The molecule has 9 nitrogen and oxygen atoms in total. The molecule has 1 fully saturated rings. The molecule has 0 unspecified atom stereocenters. The molecular weight excluding hydrogens is 286 g/mol. The van der Waals surface area contributed by atoms with Gasteiger partial charge in [0.15, 0.2) is 5.82 Å². The third kappa shape index (κ3) is 3.43. The Hall–Kier alpha value is -2.84. The molecule has 0 bridgehead atoms. The Labute approximate surface area is 126 Å². The number of nitrogens with zero attached hydrogens (tertiary/aromatic N) is 5. The topological polar surface area (TPSA) is 115 Å². The fraction of sp³-hybridized carbons (Fsp3) is 0.385. The predicted octanol–water partition coefficient (Wildman–Crippen LogP) is 0.445. The summed E-state index contributed by atoms with van der Waals surface area (Å²) in [4.78, 5) is 31.3. The van der Waals surface area contributed by atoms with Crippen LogP contribution in [0.25, 0.3) is 0 Å². The predicted molar refractivity (Wildman–Crippen MR) is 76.7 cm³/mol. The van der Waals surface area contributed by atoms with Crippen molar-refractivity contribution in [3.8, 4) is 0 Å². The van der Waals surface area contributed by atoms with Crippen LogP contribution in [-0.2, 0) is 16.1 Å². The van der Waals surface area contributed by atoms with E-state index in [0.29, 0.717) is 11.6 Å². The molecule has 22 heavy (non-hydrogen) atoms. The molecule has 2 heterocycles. The quantitative estimate of drug-likeness (QED) is 0.828. The van der Waals surface area contributed by atoms with Gasteiger partial charge in [0.05, 0.1) is 6.20 Å². The molecule has 0 aliphatic heterocycles. The standard InChI is InChI=1S/C13H15N7O2/c21-12(16-10-4-5-14-8-15-10)7-20-6-11(18-19-20)17-13(22)9-2-1-3-9/h4-6,8-9H,1-3,7H2,(H,17,22)(H,14,15,16,21). The summed E-state index contributed by atoms with van der Waals surface area (Å²) >= 11 is 0. The molecule has 2 amide bonds. The van der Waals surface area contributed by atoms with Gasteiger partial charge in [-0.2, -0.15) is 0 Å². The Morgan fingerprint density at radius 1 is 1.27 bits per heavy atom. The van der Waals surface area contributed by atoms with Gasteiger partial charge in [0, 0.05) is 12.1 Å². The van der Waals surface area contributed by atoms with Crippen LogP contribution in [-0.4, -0.2) is 36.8 Å². The van der Waals surface area contributed by atoms with E-state index in [-0.39, 0.29) is 24.3 Å². The summed E-state index contributed by atoms with van der Waals surface area (Å²) in [7, 11) is 0. The smallest absolute Gasteiger partial charge is 0.247 e. The van der Waals surface area contributed by atoms with Gasteiger partial charge in [0.1, 0.15) is 18.7 Å². The highest BCUT2D eigenvalue weighted by molar-refractivity contribution is 5.92. The van der Waals surface area contributed by atoms with Crippen molar-refractivity contribution in [2.45, 2.75) is 25.8 Å². The minimum Gasteiger partial charge on any atom is -0.309 e. The maximum absolute atomic E-state index is 11.8. The van der Waals surface area contributed by atoms with Crippen LogP contribution in [0.4, 0.5) is 11.6 Å². The van der Waals surface area contributed by atoms with E-state index in [1.165, 1.54) is 23.4 Å². The number of hydrogen-bond acceptors (Lipinski definition) is 6. The zero-order valence-corrected chi connectivity index (χ0v) is 11.8. The van der Waals surface area contributed by atoms with E-state index in [0.717, 1.165) is 19.3 Å². The summed E-state index contributed by atoms with van der Waals surface area (Å²) < 4.78 is 1.35. The van der Waals surface area contributed by atoms with E-state index in [9.17, 15) is 9.59 Å². The molecule has 0 radical (unpaired) electrons. The Kier molecular flexibility index (Phi) is 4.03. The van der Waals surface area contributed by atoms with Crippen LogP contribution in [0.1, 0.15) is 19.3 Å². The average Bonchev–Trinajstić information content (AvgIpc) is 2.84. The number of carbonyl (C=O) groups is 2. The first-order chi connectivity index (χ1) is 10.7. The molecule has 2 N–H and O–H groups in total. The Morgan fingerprint density at radius 3 is 2.82 bits per heavy atom. The lowest BCUT2D eigenvalue weighted by molar-refractivity contribution is -0.122. The van der Waals surface area contributed by atoms with Gasteiger partial charge in [-0.05, 0) is 18.9 Å². The molecule has 3 rings (SSSR count). The van der Waals surface area contributed by atoms with Crippen molar-refractivity contribution in [3.63, 3.8) is 0 Å². The number of carbonyl (C=O) groups excluding carboxylic acids is 2. The molecule has 0 aromatic carbocycles. The number of hydrogen-bond donors (Lipinski definition) is 2. The van der Waals surface area contributed by atoms with Crippen LogP contribution in [0, 0.1) is 5.92 Å². The van der Waals surface area contributed by atoms with Gasteiger partial charge in [-0.1, -0.05) is 11.6 Å². The third-order valence-corrected chi connectivity index (χ3v) is 3.42. The van der Waals surface area contributed by atoms with Crippen LogP contribution in [0.5, 0.6) is 0 Å². The molecule has 1 aliphatic carbocycles. The lowest BCUT2D eigenvalue weighted by atomic mass is 9.85. The second-order valence-corrected chi connectivity index (χ2v) is 5.06. The van der Waals surface area contributed by atoms with Crippen LogP contribution in [0.15, 0.2) is 24.8 Å². The van der Waals surface area contributed by atoms with Crippen molar-refractivity contribution in [2.24, 2.45) is 5.92 Å². The second kappa shape index (κ2) is 6.29. The summed E-state index contributed by atoms with van der Waals surface area (Å²) in [6, 6.07) is 1.59. The fourth-order valence-electron chi connectivity index (χ4n) is 2.03. The Morgan fingerprint density at radius 2 is 2.14 bits per heavy atom. The first-order valence-corrected chi connectivity index (χ1v) is 6.97. The Bertz CT molecular complexity index is 666. The van der Waals surface area contributed by atoms with E-state index in [4.69, 9.17) is 0 Å². The lowest BCUT2D eigenvalue weighted by Gasteiger charge is -2.23. The van der Waals surface area contributed by atoms with E-state index < -0.39 is 0 Å². The normalized spacial score (nSPS) is 14.2. The molecule has 0 atom stereocenters. The first-order valence-electron chi connectivity index (χ1n) is 6.97. The Balaban J connectivity index is 1.52.